The Hall–Kier alpha value is -1.00. The summed E-state index contributed by atoms with van der Waals surface area (Å²) < 4.78 is 5.57. The Morgan fingerprint density at radius 2 is 2.54 bits per heavy atom. The molecular weight excluding hydrogens is 166 g/mol. The Morgan fingerprint density at radius 1 is 1.62 bits per heavy atom. The van der Waals surface area contributed by atoms with Gasteiger partial charge in [-0.15, -0.1) is 0 Å². The van der Waals surface area contributed by atoms with Crippen LogP contribution in [0.25, 0.3) is 0 Å². The summed E-state index contributed by atoms with van der Waals surface area (Å²) in [5.41, 5.74) is 0.972. The molecule has 70 valence electrons. The molecule has 1 saturated heterocycles. The number of nitrogens with one attached hydrogen (secondary N) is 1. The number of morpholine rings is 1. The molecular formula is C9H13N3O. The van der Waals surface area contributed by atoms with Crippen LogP contribution in [0.5, 0.6) is 0 Å². The van der Waals surface area contributed by atoms with Crippen LogP contribution in [-0.4, -0.2) is 29.7 Å². The lowest BCUT2D eigenvalue weighted by molar-refractivity contribution is 0.0248. The molecule has 1 aliphatic heterocycles. The molecule has 0 radical (unpaired) electrons. The fourth-order valence-electron chi connectivity index (χ4n) is 1.41. The van der Waals surface area contributed by atoms with Crippen molar-refractivity contribution in [1.82, 2.24) is 15.3 Å². The fraction of sp³-hybridized carbons (Fsp3) is 0.556. The zero-order chi connectivity index (χ0) is 9.10. The van der Waals surface area contributed by atoms with Crippen molar-refractivity contribution in [3.8, 4) is 0 Å². The summed E-state index contributed by atoms with van der Waals surface area (Å²) in [5, 5.41) is 3.27. The Bertz CT molecular complexity index is 284. The van der Waals surface area contributed by atoms with Gasteiger partial charge in [0.1, 0.15) is 11.9 Å². The van der Waals surface area contributed by atoms with Crippen molar-refractivity contribution in [1.29, 1.82) is 0 Å². The van der Waals surface area contributed by atoms with Gasteiger partial charge in [0.15, 0.2) is 0 Å². The number of ether oxygens (including phenoxy) is 1. The second-order valence-electron chi connectivity index (χ2n) is 3.09. The molecule has 2 rings (SSSR count). The summed E-state index contributed by atoms with van der Waals surface area (Å²) in [6.45, 7) is 4.42. The third kappa shape index (κ3) is 2.02. The number of rotatable bonds is 1. The molecule has 4 heteroatoms. The van der Waals surface area contributed by atoms with E-state index >= 15 is 0 Å². The molecule has 2 heterocycles. The first kappa shape index (κ1) is 8.59. The molecule has 1 N–H and O–H groups in total. The Labute approximate surface area is 77.4 Å². The number of aryl methyl sites for hydroxylation is 1. The molecule has 0 spiro atoms. The van der Waals surface area contributed by atoms with Gasteiger partial charge < -0.3 is 10.1 Å². The molecule has 1 unspecified atom stereocenters. The van der Waals surface area contributed by atoms with E-state index in [4.69, 9.17) is 4.74 Å². The van der Waals surface area contributed by atoms with Gasteiger partial charge in [0.05, 0.1) is 12.3 Å². The summed E-state index contributed by atoms with van der Waals surface area (Å²) >= 11 is 0. The van der Waals surface area contributed by atoms with E-state index in [1.54, 1.807) is 6.20 Å². The largest absolute Gasteiger partial charge is 0.369 e. The first-order valence-corrected chi connectivity index (χ1v) is 4.48. The molecule has 0 bridgehead atoms. The predicted molar refractivity (Wildman–Crippen MR) is 48.3 cm³/mol. The molecule has 0 amide bonds. The van der Waals surface area contributed by atoms with E-state index in [2.05, 4.69) is 15.3 Å². The Balaban J connectivity index is 2.14. The van der Waals surface area contributed by atoms with Crippen molar-refractivity contribution in [3.05, 3.63) is 23.8 Å². The van der Waals surface area contributed by atoms with E-state index in [1.165, 1.54) is 0 Å². The minimum atomic E-state index is 0.0930. The standard InChI is InChI=1S/C9H13N3O/c1-7-11-3-2-8(12-7)9-6-10-4-5-13-9/h2-3,9-10H,4-6H2,1H3. The number of hydrogen-bond acceptors (Lipinski definition) is 4. The summed E-state index contributed by atoms with van der Waals surface area (Å²) in [4.78, 5) is 8.37. The highest BCUT2D eigenvalue weighted by molar-refractivity contribution is 5.06. The zero-order valence-corrected chi connectivity index (χ0v) is 7.66. The third-order valence-corrected chi connectivity index (χ3v) is 2.06. The highest BCUT2D eigenvalue weighted by atomic mass is 16.5. The number of nitrogens with zero attached hydrogens (tertiary/aromatic N) is 2. The molecule has 0 aromatic carbocycles. The van der Waals surface area contributed by atoms with Gasteiger partial charge in [-0.1, -0.05) is 0 Å². The molecule has 0 aliphatic carbocycles. The monoisotopic (exact) mass is 179 g/mol. The third-order valence-electron chi connectivity index (χ3n) is 2.06. The van der Waals surface area contributed by atoms with E-state index in [-0.39, 0.29) is 6.10 Å². The topological polar surface area (TPSA) is 47.0 Å². The summed E-state index contributed by atoms with van der Waals surface area (Å²) in [7, 11) is 0. The van der Waals surface area contributed by atoms with Crippen molar-refractivity contribution in [3.63, 3.8) is 0 Å². The number of aromatic nitrogens is 2. The lowest BCUT2D eigenvalue weighted by Gasteiger charge is -2.22. The zero-order valence-electron chi connectivity index (χ0n) is 7.66. The van der Waals surface area contributed by atoms with Crippen LogP contribution in [-0.2, 0) is 4.74 Å². The van der Waals surface area contributed by atoms with Crippen molar-refractivity contribution < 1.29 is 4.74 Å². The smallest absolute Gasteiger partial charge is 0.125 e. The minimum absolute atomic E-state index is 0.0930. The highest BCUT2D eigenvalue weighted by Crippen LogP contribution is 2.15. The van der Waals surface area contributed by atoms with Gasteiger partial charge in [-0.3, -0.25) is 0 Å². The average Bonchev–Trinajstić information content (AvgIpc) is 2.19. The van der Waals surface area contributed by atoms with Crippen LogP contribution in [0.4, 0.5) is 0 Å². The second kappa shape index (κ2) is 3.81. The van der Waals surface area contributed by atoms with Crippen molar-refractivity contribution in [2.45, 2.75) is 13.0 Å². The lowest BCUT2D eigenvalue weighted by Crippen LogP contribution is -2.33. The average molecular weight is 179 g/mol. The van der Waals surface area contributed by atoms with Crippen LogP contribution >= 0.6 is 0 Å². The maximum atomic E-state index is 5.57. The molecule has 13 heavy (non-hydrogen) atoms. The molecule has 1 aromatic rings. The van der Waals surface area contributed by atoms with Crippen LogP contribution in [0.3, 0.4) is 0 Å². The van der Waals surface area contributed by atoms with Gasteiger partial charge in [0, 0.05) is 19.3 Å². The van der Waals surface area contributed by atoms with Crippen molar-refractivity contribution in [2.24, 2.45) is 0 Å². The predicted octanol–water partition coefficient (Wildman–Crippen LogP) is 0.446. The van der Waals surface area contributed by atoms with E-state index in [0.717, 1.165) is 31.2 Å². The fourth-order valence-corrected chi connectivity index (χ4v) is 1.41. The Morgan fingerprint density at radius 3 is 3.23 bits per heavy atom. The van der Waals surface area contributed by atoms with Crippen LogP contribution in [0.15, 0.2) is 12.3 Å². The van der Waals surface area contributed by atoms with E-state index in [0.29, 0.717) is 0 Å². The van der Waals surface area contributed by atoms with Crippen molar-refractivity contribution >= 4 is 0 Å². The second-order valence-corrected chi connectivity index (χ2v) is 3.09. The van der Waals surface area contributed by atoms with Gasteiger partial charge in [0.2, 0.25) is 0 Å². The SMILES string of the molecule is Cc1nccc(C2CNCCO2)n1. The summed E-state index contributed by atoms with van der Waals surface area (Å²) in [6, 6.07) is 1.91. The van der Waals surface area contributed by atoms with Crippen molar-refractivity contribution in [2.75, 3.05) is 19.7 Å². The van der Waals surface area contributed by atoms with Crippen LogP contribution in [0, 0.1) is 6.92 Å². The van der Waals surface area contributed by atoms with Gasteiger partial charge in [-0.2, -0.15) is 0 Å². The molecule has 0 saturated carbocycles. The van der Waals surface area contributed by atoms with E-state index in [1.807, 2.05) is 13.0 Å². The first-order valence-electron chi connectivity index (χ1n) is 4.48. The maximum absolute atomic E-state index is 5.57. The van der Waals surface area contributed by atoms with Crippen LogP contribution in [0.1, 0.15) is 17.6 Å². The summed E-state index contributed by atoms with van der Waals surface area (Å²) in [6.07, 6.45) is 1.87. The summed E-state index contributed by atoms with van der Waals surface area (Å²) in [5.74, 6) is 0.798. The minimum Gasteiger partial charge on any atom is -0.369 e. The quantitative estimate of drug-likeness (QED) is 0.679. The highest BCUT2D eigenvalue weighted by Gasteiger charge is 2.16. The first-order chi connectivity index (χ1) is 6.36. The van der Waals surface area contributed by atoms with E-state index in [9.17, 15) is 0 Å². The Kier molecular flexibility index (Phi) is 2.52. The van der Waals surface area contributed by atoms with Gasteiger partial charge in [-0.25, -0.2) is 9.97 Å². The van der Waals surface area contributed by atoms with Crippen LogP contribution in [0.2, 0.25) is 0 Å². The molecule has 1 atom stereocenters. The number of hydrogen-bond donors (Lipinski definition) is 1. The molecule has 1 aliphatic rings. The van der Waals surface area contributed by atoms with Crippen LogP contribution < -0.4 is 5.32 Å². The normalized spacial score (nSPS) is 23.0. The lowest BCUT2D eigenvalue weighted by atomic mass is 10.2. The molecule has 1 fully saturated rings. The molecule has 4 nitrogen and oxygen atoms in total. The van der Waals surface area contributed by atoms with E-state index < -0.39 is 0 Å². The van der Waals surface area contributed by atoms with Gasteiger partial charge >= 0.3 is 0 Å². The van der Waals surface area contributed by atoms with Gasteiger partial charge in [0.25, 0.3) is 0 Å². The maximum Gasteiger partial charge on any atom is 0.125 e. The van der Waals surface area contributed by atoms with Gasteiger partial charge in [-0.05, 0) is 13.0 Å². The molecule has 1 aromatic heterocycles.